The van der Waals surface area contributed by atoms with E-state index in [9.17, 15) is 18.0 Å². The summed E-state index contributed by atoms with van der Waals surface area (Å²) in [6.07, 6.45) is 1.79. The van der Waals surface area contributed by atoms with Crippen molar-refractivity contribution in [2.45, 2.75) is 65.1 Å². The molecular weight excluding hydrogens is 550 g/mol. The number of ether oxygens (including phenoxy) is 1. The van der Waals surface area contributed by atoms with Crippen LogP contribution in [0, 0.1) is 6.92 Å². The first-order chi connectivity index (χ1) is 19.8. The molecule has 0 spiro atoms. The van der Waals surface area contributed by atoms with Gasteiger partial charge in [0, 0.05) is 31.5 Å². The molecule has 2 amide bonds. The summed E-state index contributed by atoms with van der Waals surface area (Å²) in [7, 11) is -2.16. The summed E-state index contributed by atoms with van der Waals surface area (Å²) in [5, 5.41) is 3.07. The van der Waals surface area contributed by atoms with Gasteiger partial charge in [-0.15, -0.1) is 0 Å². The summed E-state index contributed by atoms with van der Waals surface area (Å²) in [5.41, 5.74) is 2.83. The minimum absolute atomic E-state index is 0.0566. The van der Waals surface area contributed by atoms with Crippen LogP contribution in [-0.4, -0.2) is 56.6 Å². The Morgan fingerprint density at radius 1 is 0.929 bits per heavy atom. The standard InChI is InChI=1S/C33H43N3O5S/c1-25-14-12-17-27(22-25)24-35(29(32(38)34-33(2,3)4)23-26-15-8-7-9-16-26)31(37)20-13-21-36(42(6,39)40)28-18-10-11-19-30(28)41-5/h7-12,14-19,22,29H,13,20-21,23-24H2,1-6H3,(H,34,38). The fourth-order valence-electron chi connectivity index (χ4n) is 4.83. The van der Waals surface area contributed by atoms with E-state index in [0.717, 1.165) is 22.9 Å². The van der Waals surface area contributed by atoms with Crippen LogP contribution in [0.25, 0.3) is 0 Å². The van der Waals surface area contributed by atoms with Gasteiger partial charge in [-0.3, -0.25) is 13.9 Å². The van der Waals surface area contributed by atoms with Crippen LogP contribution in [0.4, 0.5) is 5.69 Å². The van der Waals surface area contributed by atoms with Gasteiger partial charge in [0.2, 0.25) is 21.8 Å². The van der Waals surface area contributed by atoms with Crippen molar-refractivity contribution in [1.82, 2.24) is 10.2 Å². The van der Waals surface area contributed by atoms with Crippen LogP contribution >= 0.6 is 0 Å². The second kappa shape index (κ2) is 14.4. The molecule has 0 bridgehead atoms. The van der Waals surface area contributed by atoms with Gasteiger partial charge in [-0.1, -0.05) is 72.3 Å². The molecule has 1 unspecified atom stereocenters. The van der Waals surface area contributed by atoms with Crippen molar-refractivity contribution in [2.24, 2.45) is 0 Å². The second-order valence-corrected chi connectivity index (χ2v) is 13.5. The second-order valence-electron chi connectivity index (χ2n) is 11.6. The van der Waals surface area contributed by atoms with Gasteiger partial charge in [0.15, 0.2) is 0 Å². The van der Waals surface area contributed by atoms with Crippen LogP contribution in [0.3, 0.4) is 0 Å². The smallest absolute Gasteiger partial charge is 0.243 e. The Morgan fingerprint density at radius 2 is 1.57 bits per heavy atom. The zero-order valence-electron chi connectivity index (χ0n) is 25.5. The average molecular weight is 594 g/mol. The van der Waals surface area contributed by atoms with E-state index < -0.39 is 21.6 Å². The number of nitrogens with zero attached hydrogens (tertiary/aromatic N) is 2. The Labute approximate surface area is 250 Å². The Bertz CT molecular complexity index is 1450. The zero-order valence-corrected chi connectivity index (χ0v) is 26.3. The number of anilines is 1. The number of hydrogen-bond donors (Lipinski definition) is 1. The fraction of sp³-hybridized carbons (Fsp3) is 0.394. The third-order valence-electron chi connectivity index (χ3n) is 6.71. The maximum absolute atomic E-state index is 14.0. The van der Waals surface area contributed by atoms with Crippen molar-refractivity contribution >= 4 is 27.5 Å². The normalized spacial score (nSPS) is 12.3. The Hall–Kier alpha value is -3.85. The summed E-state index contributed by atoms with van der Waals surface area (Å²) in [6.45, 7) is 8.05. The van der Waals surface area contributed by atoms with Gasteiger partial charge in [-0.2, -0.15) is 0 Å². The van der Waals surface area contributed by atoms with Gasteiger partial charge in [-0.25, -0.2) is 8.42 Å². The molecule has 0 aliphatic rings. The van der Waals surface area contributed by atoms with E-state index in [0.29, 0.717) is 17.9 Å². The Kier molecular flexibility index (Phi) is 11.2. The van der Waals surface area contributed by atoms with E-state index in [1.807, 2.05) is 82.3 Å². The third-order valence-corrected chi connectivity index (χ3v) is 7.89. The lowest BCUT2D eigenvalue weighted by Gasteiger charge is -2.34. The number of para-hydroxylation sites is 2. The molecule has 0 saturated carbocycles. The number of aryl methyl sites for hydroxylation is 1. The van der Waals surface area contributed by atoms with E-state index >= 15 is 0 Å². The molecule has 0 fully saturated rings. The highest BCUT2D eigenvalue weighted by molar-refractivity contribution is 7.92. The number of methoxy groups -OCH3 is 1. The number of rotatable bonds is 13. The number of carbonyl (C=O) groups excluding carboxylic acids is 2. The van der Waals surface area contributed by atoms with Crippen molar-refractivity contribution in [2.75, 3.05) is 24.2 Å². The van der Waals surface area contributed by atoms with Gasteiger partial charge in [-0.05, 0) is 57.4 Å². The predicted octanol–water partition coefficient (Wildman–Crippen LogP) is 5.10. The van der Waals surface area contributed by atoms with Crippen LogP contribution in [0.2, 0.25) is 0 Å². The van der Waals surface area contributed by atoms with Crippen LogP contribution in [-0.2, 0) is 32.6 Å². The molecule has 3 aromatic rings. The van der Waals surface area contributed by atoms with Crippen molar-refractivity contribution < 1.29 is 22.7 Å². The SMILES string of the molecule is COc1ccccc1N(CCCC(=O)N(Cc1cccc(C)c1)C(Cc1ccccc1)C(=O)NC(C)(C)C)S(C)(=O)=O. The lowest BCUT2D eigenvalue weighted by Crippen LogP contribution is -2.54. The van der Waals surface area contributed by atoms with E-state index in [4.69, 9.17) is 4.74 Å². The van der Waals surface area contributed by atoms with Gasteiger partial charge < -0.3 is 15.0 Å². The lowest BCUT2D eigenvalue weighted by molar-refractivity contribution is -0.142. The van der Waals surface area contributed by atoms with Gasteiger partial charge in [0.1, 0.15) is 11.8 Å². The maximum Gasteiger partial charge on any atom is 0.243 e. The van der Waals surface area contributed by atoms with Crippen LogP contribution in [0.15, 0.2) is 78.9 Å². The summed E-state index contributed by atoms with van der Waals surface area (Å²) in [6, 6.07) is 23.6. The molecule has 0 aromatic heterocycles. The molecule has 1 N–H and O–H groups in total. The van der Waals surface area contributed by atoms with Gasteiger partial charge in [0.05, 0.1) is 19.1 Å². The summed E-state index contributed by atoms with van der Waals surface area (Å²) in [4.78, 5) is 29.3. The summed E-state index contributed by atoms with van der Waals surface area (Å²) < 4.78 is 32.1. The molecule has 0 saturated heterocycles. The minimum Gasteiger partial charge on any atom is -0.495 e. The molecule has 0 aliphatic heterocycles. The number of hydrogen-bond acceptors (Lipinski definition) is 5. The predicted molar refractivity (Wildman–Crippen MR) is 168 cm³/mol. The molecule has 8 nitrogen and oxygen atoms in total. The molecule has 0 aliphatic carbocycles. The first kappa shape index (κ1) is 32.7. The average Bonchev–Trinajstić information content (AvgIpc) is 2.92. The highest BCUT2D eigenvalue weighted by atomic mass is 32.2. The van der Waals surface area contributed by atoms with E-state index in [2.05, 4.69) is 5.32 Å². The van der Waals surface area contributed by atoms with Gasteiger partial charge in [0.25, 0.3) is 0 Å². The molecule has 1 atom stereocenters. The van der Waals surface area contributed by atoms with Crippen molar-refractivity contribution in [1.29, 1.82) is 0 Å². The largest absolute Gasteiger partial charge is 0.495 e. The van der Waals surface area contributed by atoms with Gasteiger partial charge >= 0.3 is 0 Å². The number of benzene rings is 3. The van der Waals surface area contributed by atoms with Crippen LogP contribution in [0.1, 0.15) is 50.3 Å². The highest BCUT2D eigenvalue weighted by Gasteiger charge is 2.32. The molecule has 226 valence electrons. The first-order valence-corrected chi connectivity index (χ1v) is 15.9. The van der Waals surface area contributed by atoms with E-state index in [-0.39, 0.29) is 37.7 Å². The highest BCUT2D eigenvalue weighted by Crippen LogP contribution is 2.30. The molecule has 3 rings (SSSR count). The lowest BCUT2D eigenvalue weighted by atomic mass is 10.00. The summed E-state index contributed by atoms with van der Waals surface area (Å²) >= 11 is 0. The quantitative estimate of drug-likeness (QED) is 0.297. The molecule has 3 aromatic carbocycles. The number of nitrogens with one attached hydrogen (secondary N) is 1. The number of sulfonamides is 1. The minimum atomic E-state index is -3.65. The zero-order chi connectivity index (χ0) is 30.9. The topological polar surface area (TPSA) is 96.0 Å². The molecule has 42 heavy (non-hydrogen) atoms. The Morgan fingerprint density at radius 3 is 2.19 bits per heavy atom. The van der Waals surface area contributed by atoms with Crippen molar-refractivity contribution in [3.8, 4) is 5.75 Å². The first-order valence-electron chi connectivity index (χ1n) is 14.1. The fourth-order valence-corrected chi connectivity index (χ4v) is 5.80. The van der Waals surface area contributed by atoms with E-state index in [1.165, 1.54) is 11.4 Å². The molecular formula is C33H43N3O5S. The van der Waals surface area contributed by atoms with Crippen LogP contribution in [0.5, 0.6) is 5.75 Å². The maximum atomic E-state index is 14.0. The van der Waals surface area contributed by atoms with Crippen molar-refractivity contribution in [3.05, 3.63) is 95.6 Å². The van der Waals surface area contributed by atoms with E-state index in [1.54, 1.807) is 29.2 Å². The molecule has 0 radical (unpaired) electrons. The van der Waals surface area contributed by atoms with Crippen LogP contribution < -0.4 is 14.4 Å². The monoisotopic (exact) mass is 593 g/mol. The molecule has 0 heterocycles. The number of amides is 2. The molecule has 9 heteroatoms. The Balaban J connectivity index is 1.92. The summed E-state index contributed by atoms with van der Waals surface area (Å²) in [5.74, 6) is -0.0359. The third kappa shape index (κ3) is 9.62. The van der Waals surface area contributed by atoms with Crippen molar-refractivity contribution in [3.63, 3.8) is 0 Å². The number of carbonyl (C=O) groups is 2.